The number of carbonyl (C=O) groups is 1. The second-order valence-electron chi connectivity index (χ2n) is 3.24. The summed E-state index contributed by atoms with van der Waals surface area (Å²) in [5.41, 5.74) is 7.62. The number of hydrogen-bond acceptors (Lipinski definition) is 4. The van der Waals surface area contributed by atoms with Crippen LogP contribution in [0.1, 0.15) is 10.4 Å². The second-order valence-corrected chi connectivity index (χ2v) is 3.24. The Labute approximate surface area is 92.3 Å². The minimum absolute atomic E-state index is 0.297. The number of nitrogen functional groups attached to an aromatic ring is 1. The van der Waals surface area contributed by atoms with Gasteiger partial charge < -0.3 is 15.5 Å². The van der Waals surface area contributed by atoms with Gasteiger partial charge in [0.15, 0.2) is 0 Å². The van der Waals surface area contributed by atoms with Crippen molar-refractivity contribution < 1.29 is 9.53 Å². The molecule has 0 aromatic carbocycles. The van der Waals surface area contributed by atoms with Gasteiger partial charge in [-0.1, -0.05) is 0 Å². The highest BCUT2D eigenvalue weighted by atomic mass is 16.5. The molecule has 2 aromatic rings. The normalized spacial score (nSPS) is 10.1. The lowest BCUT2D eigenvalue weighted by Crippen LogP contribution is -2.02. The highest BCUT2D eigenvalue weighted by molar-refractivity contribution is 5.96. The molecule has 0 unspecified atom stereocenters. The Kier molecular flexibility index (Phi) is 2.59. The number of H-pyrrole nitrogens is 1. The largest absolute Gasteiger partial charge is 0.465 e. The fraction of sp³-hybridized carbons (Fsp3) is 0.0909. The lowest BCUT2D eigenvalue weighted by molar-refractivity contribution is 0.0602. The molecule has 0 radical (unpaired) electrons. The predicted molar refractivity (Wildman–Crippen MR) is 59.8 cm³/mol. The Balaban J connectivity index is 2.42. The zero-order valence-corrected chi connectivity index (χ0v) is 8.73. The third-order valence-corrected chi connectivity index (χ3v) is 2.23. The van der Waals surface area contributed by atoms with Gasteiger partial charge in [0, 0.05) is 23.7 Å². The van der Waals surface area contributed by atoms with Crippen molar-refractivity contribution in [2.45, 2.75) is 0 Å². The predicted octanol–water partition coefficient (Wildman–Crippen LogP) is 1.45. The van der Waals surface area contributed by atoms with E-state index in [-0.39, 0.29) is 0 Å². The van der Waals surface area contributed by atoms with Gasteiger partial charge in [-0.05, 0) is 18.2 Å². The zero-order chi connectivity index (χ0) is 11.5. The van der Waals surface area contributed by atoms with Crippen molar-refractivity contribution in [2.24, 2.45) is 0 Å². The van der Waals surface area contributed by atoms with E-state index in [1.165, 1.54) is 7.11 Å². The van der Waals surface area contributed by atoms with Crippen molar-refractivity contribution in [1.29, 1.82) is 0 Å². The summed E-state index contributed by atoms with van der Waals surface area (Å²) in [6.07, 6.45) is 3.36. The fourth-order valence-electron chi connectivity index (χ4n) is 1.43. The van der Waals surface area contributed by atoms with Crippen LogP contribution in [0.25, 0.3) is 11.3 Å². The smallest absolute Gasteiger partial charge is 0.341 e. The Bertz CT molecular complexity index is 505. The fourth-order valence-corrected chi connectivity index (χ4v) is 1.43. The van der Waals surface area contributed by atoms with E-state index < -0.39 is 5.97 Å². The number of pyridine rings is 1. The molecular weight excluding hydrogens is 206 g/mol. The second kappa shape index (κ2) is 4.06. The number of hydrogen-bond donors (Lipinski definition) is 2. The van der Waals surface area contributed by atoms with Crippen molar-refractivity contribution in [3.8, 4) is 11.3 Å². The molecule has 0 aliphatic carbocycles. The summed E-state index contributed by atoms with van der Waals surface area (Å²) in [5, 5.41) is 0. The van der Waals surface area contributed by atoms with E-state index >= 15 is 0 Å². The van der Waals surface area contributed by atoms with Crippen LogP contribution in [0.3, 0.4) is 0 Å². The average molecular weight is 217 g/mol. The molecule has 0 fully saturated rings. The number of rotatable bonds is 2. The summed E-state index contributed by atoms with van der Waals surface area (Å²) in [4.78, 5) is 18.2. The molecular formula is C11H11N3O2. The van der Waals surface area contributed by atoms with Crippen LogP contribution in [0.5, 0.6) is 0 Å². The maximum absolute atomic E-state index is 11.3. The van der Waals surface area contributed by atoms with E-state index in [1.807, 2.05) is 12.1 Å². The van der Waals surface area contributed by atoms with Gasteiger partial charge in [0.1, 0.15) is 11.4 Å². The van der Waals surface area contributed by atoms with Crippen LogP contribution in [0.4, 0.5) is 5.82 Å². The van der Waals surface area contributed by atoms with Gasteiger partial charge in [0.05, 0.1) is 7.11 Å². The molecule has 2 aromatic heterocycles. The first-order valence-corrected chi connectivity index (χ1v) is 4.69. The van der Waals surface area contributed by atoms with Gasteiger partial charge in [0.2, 0.25) is 0 Å². The molecule has 0 saturated carbocycles. The number of ether oxygens (including phenoxy) is 1. The number of esters is 1. The van der Waals surface area contributed by atoms with Crippen LogP contribution >= 0.6 is 0 Å². The quantitative estimate of drug-likeness (QED) is 0.746. The summed E-state index contributed by atoms with van der Waals surface area (Å²) < 4.78 is 4.61. The number of aromatic nitrogens is 2. The zero-order valence-electron chi connectivity index (χ0n) is 8.73. The van der Waals surface area contributed by atoms with Crippen LogP contribution in [-0.4, -0.2) is 23.0 Å². The van der Waals surface area contributed by atoms with Crippen molar-refractivity contribution in [3.63, 3.8) is 0 Å². The number of nitrogens with one attached hydrogen (secondary N) is 1. The highest BCUT2D eigenvalue weighted by Gasteiger charge is 2.14. The molecule has 16 heavy (non-hydrogen) atoms. The number of methoxy groups -OCH3 is 1. The first-order chi connectivity index (χ1) is 7.72. The number of anilines is 1. The molecule has 0 aliphatic rings. The average Bonchev–Trinajstić information content (AvgIpc) is 2.71. The Hall–Kier alpha value is -2.30. The molecule has 0 atom stereocenters. The maximum Gasteiger partial charge on any atom is 0.341 e. The van der Waals surface area contributed by atoms with Crippen molar-refractivity contribution in [2.75, 3.05) is 12.8 Å². The van der Waals surface area contributed by atoms with Crippen molar-refractivity contribution >= 4 is 11.8 Å². The van der Waals surface area contributed by atoms with E-state index in [1.54, 1.807) is 18.5 Å². The molecule has 0 aliphatic heterocycles. The maximum atomic E-state index is 11.3. The topological polar surface area (TPSA) is 81.0 Å². The number of nitrogens with two attached hydrogens (primary N) is 1. The Morgan fingerprint density at radius 2 is 2.38 bits per heavy atom. The van der Waals surface area contributed by atoms with Gasteiger partial charge >= 0.3 is 5.97 Å². The Morgan fingerprint density at radius 1 is 1.56 bits per heavy atom. The summed E-state index contributed by atoms with van der Waals surface area (Å²) in [5.74, 6) is -0.158. The SMILES string of the molecule is COC(=O)c1cc(-c2cccnc2)[nH]c1N. The molecule has 0 amide bonds. The summed E-state index contributed by atoms with van der Waals surface area (Å²) in [6.45, 7) is 0. The van der Waals surface area contributed by atoms with Gasteiger partial charge in [0.25, 0.3) is 0 Å². The van der Waals surface area contributed by atoms with Crippen LogP contribution in [-0.2, 0) is 4.74 Å². The molecule has 0 bridgehead atoms. The van der Waals surface area contributed by atoms with E-state index in [4.69, 9.17) is 5.73 Å². The minimum atomic E-state index is -0.455. The number of aromatic amines is 1. The molecule has 82 valence electrons. The van der Waals surface area contributed by atoms with Crippen molar-refractivity contribution in [3.05, 3.63) is 36.2 Å². The third-order valence-electron chi connectivity index (χ3n) is 2.23. The summed E-state index contributed by atoms with van der Waals surface area (Å²) in [7, 11) is 1.32. The number of nitrogens with zero attached hydrogens (tertiary/aromatic N) is 1. The summed E-state index contributed by atoms with van der Waals surface area (Å²) >= 11 is 0. The van der Waals surface area contributed by atoms with Gasteiger partial charge in [-0.15, -0.1) is 0 Å². The van der Waals surface area contributed by atoms with E-state index in [0.717, 1.165) is 11.3 Å². The minimum Gasteiger partial charge on any atom is -0.465 e. The van der Waals surface area contributed by atoms with Gasteiger partial charge in [-0.25, -0.2) is 4.79 Å². The first-order valence-electron chi connectivity index (χ1n) is 4.69. The number of carbonyl (C=O) groups excluding carboxylic acids is 1. The third kappa shape index (κ3) is 1.75. The Morgan fingerprint density at radius 3 is 3.00 bits per heavy atom. The van der Waals surface area contributed by atoms with Gasteiger partial charge in [-0.3, -0.25) is 4.98 Å². The molecule has 5 nitrogen and oxygen atoms in total. The van der Waals surface area contributed by atoms with Crippen molar-refractivity contribution in [1.82, 2.24) is 9.97 Å². The lowest BCUT2D eigenvalue weighted by Gasteiger charge is -1.94. The molecule has 3 N–H and O–H groups in total. The van der Waals surface area contributed by atoms with Crippen LogP contribution < -0.4 is 5.73 Å². The molecule has 0 saturated heterocycles. The van der Waals surface area contributed by atoms with Gasteiger partial charge in [-0.2, -0.15) is 0 Å². The molecule has 2 heterocycles. The van der Waals surface area contributed by atoms with Crippen LogP contribution in [0.2, 0.25) is 0 Å². The first kappa shape index (κ1) is 10.2. The molecule has 2 rings (SSSR count). The molecule has 0 spiro atoms. The monoisotopic (exact) mass is 217 g/mol. The van der Waals surface area contributed by atoms with E-state index in [9.17, 15) is 4.79 Å². The van der Waals surface area contributed by atoms with Crippen LogP contribution in [0, 0.1) is 0 Å². The van der Waals surface area contributed by atoms with E-state index in [0.29, 0.717) is 11.4 Å². The standard InChI is InChI=1S/C11H11N3O2/c1-16-11(15)8-5-9(14-10(8)12)7-3-2-4-13-6-7/h2-6,14H,12H2,1H3. The highest BCUT2D eigenvalue weighted by Crippen LogP contribution is 2.22. The lowest BCUT2D eigenvalue weighted by atomic mass is 10.2. The molecule has 5 heteroatoms. The summed E-state index contributed by atoms with van der Waals surface area (Å²) in [6, 6.07) is 5.34. The van der Waals surface area contributed by atoms with E-state index in [2.05, 4.69) is 14.7 Å². The van der Waals surface area contributed by atoms with Crippen LogP contribution in [0.15, 0.2) is 30.6 Å².